The number of rotatable bonds is 2. The van der Waals surface area contributed by atoms with E-state index in [0.717, 1.165) is 0 Å². The lowest BCUT2D eigenvalue weighted by molar-refractivity contribution is -0.385. The van der Waals surface area contributed by atoms with Crippen LogP contribution in [0.5, 0.6) is 0 Å². The fraction of sp³-hybridized carbons (Fsp3) is 0.111. The Morgan fingerprint density at radius 1 is 1.60 bits per heavy atom. The Hall–Kier alpha value is -1.93. The molecule has 1 aromatic rings. The molecule has 5 nitrogen and oxygen atoms in total. The monoisotopic (exact) mass is 224 g/mol. The lowest BCUT2D eigenvalue weighted by atomic mass is 10.0. The van der Waals surface area contributed by atoms with Gasteiger partial charge in [-0.3, -0.25) is 14.9 Å². The first-order valence-corrected chi connectivity index (χ1v) is 4.24. The van der Waals surface area contributed by atoms with E-state index in [1.807, 2.05) is 0 Å². The van der Waals surface area contributed by atoms with Crippen LogP contribution in [-0.4, -0.2) is 10.2 Å². The number of benzene rings is 1. The van der Waals surface area contributed by atoms with Gasteiger partial charge in [0, 0.05) is 5.56 Å². The van der Waals surface area contributed by atoms with Crippen molar-refractivity contribution in [2.45, 2.75) is 6.92 Å². The second-order valence-electron chi connectivity index (χ2n) is 2.78. The van der Waals surface area contributed by atoms with Crippen molar-refractivity contribution in [2.24, 2.45) is 0 Å². The summed E-state index contributed by atoms with van der Waals surface area (Å²) >= 11 is 5.19. The molecule has 0 saturated heterocycles. The van der Waals surface area contributed by atoms with E-state index in [2.05, 4.69) is 0 Å². The number of nitrogens with zero attached hydrogens (tertiary/aromatic N) is 2. The first kappa shape index (κ1) is 11.1. The van der Waals surface area contributed by atoms with E-state index in [0.29, 0.717) is 0 Å². The molecule has 0 aromatic heterocycles. The van der Waals surface area contributed by atoms with Gasteiger partial charge in [-0.1, -0.05) is 0 Å². The molecular formula is C9H5ClN2O3. The van der Waals surface area contributed by atoms with Crippen molar-refractivity contribution in [1.82, 2.24) is 0 Å². The molecule has 0 aliphatic heterocycles. The average molecular weight is 225 g/mol. The van der Waals surface area contributed by atoms with E-state index < -0.39 is 15.9 Å². The van der Waals surface area contributed by atoms with E-state index in [1.165, 1.54) is 19.1 Å². The number of nitro benzene ring substituents is 1. The molecule has 0 amide bonds. The molecule has 0 heterocycles. The number of nitriles is 1. The van der Waals surface area contributed by atoms with E-state index in [1.54, 1.807) is 6.07 Å². The summed E-state index contributed by atoms with van der Waals surface area (Å²) in [4.78, 5) is 20.9. The number of carbonyl (C=O) groups excluding carboxylic acids is 1. The lowest BCUT2D eigenvalue weighted by Crippen LogP contribution is -2.02. The van der Waals surface area contributed by atoms with Crippen molar-refractivity contribution >= 4 is 22.5 Å². The maximum absolute atomic E-state index is 10.9. The van der Waals surface area contributed by atoms with Crippen molar-refractivity contribution in [3.8, 4) is 6.07 Å². The quantitative estimate of drug-likeness (QED) is 0.438. The van der Waals surface area contributed by atoms with Crippen molar-refractivity contribution in [3.63, 3.8) is 0 Å². The molecule has 0 spiro atoms. The smallest absolute Gasteiger partial charge is 0.275 e. The van der Waals surface area contributed by atoms with Crippen LogP contribution in [0, 0.1) is 28.4 Å². The zero-order valence-corrected chi connectivity index (χ0v) is 8.41. The van der Waals surface area contributed by atoms with E-state index >= 15 is 0 Å². The first-order valence-electron chi connectivity index (χ1n) is 3.87. The van der Waals surface area contributed by atoms with Gasteiger partial charge in [0.05, 0.1) is 16.6 Å². The van der Waals surface area contributed by atoms with Crippen molar-refractivity contribution < 1.29 is 9.72 Å². The predicted octanol–water partition coefficient (Wildman–Crippen LogP) is 2.15. The second kappa shape index (κ2) is 4.07. The Kier molecular flexibility index (Phi) is 3.02. The number of hydrogen-bond donors (Lipinski definition) is 0. The van der Waals surface area contributed by atoms with Crippen LogP contribution < -0.4 is 0 Å². The fourth-order valence-corrected chi connectivity index (χ4v) is 1.37. The topological polar surface area (TPSA) is 84.0 Å². The van der Waals surface area contributed by atoms with Crippen LogP contribution in [0.25, 0.3) is 0 Å². The Morgan fingerprint density at radius 2 is 2.20 bits per heavy atom. The molecule has 76 valence electrons. The van der Waals surface area contributed by atoms with Gasteiger partial charge in [0.2, 0.25) is 0 Å². The molecule has 6 heteroatoms. The highest BCUT2D eigenvalue weighted by Gasteiger charge is 2.23. The largest absolute Gasteiger partial charge is 0.285 e. The minimum Gasteiger partial charge on any atom is -0.275 e. The maximum Gasteiger partial charge on any atom is 0.285 e. The van der Waals surface area contributed by atoms with Gasteiger partial charge in [0.15, 0.2) is 0 Å². The fourth-order valence-electron chi connectivity index (χ4n) is 1.22. The van der Waals surface area contributed by atoms with Gasteiger partial charge >= 0.3 is 0 Å². The van der Waals surface area contributed by atoms with Crippen LogP contribution in [0.1, 0.15) is 21.5 Å². The Labute approximate surface area is 90.0 Å². The molecule has 0 fully saturated rings. The molecule has 0 bridgehead atoms. The van der Waals surface area contributed by atoms with Crippen molar-refractivity contribution in [1.29, 1.82) is 5.26 Å². The van der Waals surface area contributed by atoms with Crippen molar-refractivity contribution in [2.75, 3.05) is 0 Å². The van der Waals surface area contributed by atoms with Gasteiger partial charge in [-0.25, -0.2) is 0 Å². The van der Waals surface area contributed by atoms with Crippen LogP contribution in [-0.2, 0) is 0 Å². The number of carbonyl (C=O) groups is 1. The third-order valence-corrected chi connectivity index (χ3v) is 2.15. The molecule has 0 N–H and O–H groups in total. The Bertz CT molecular complexity index is 491. The minimum absolute atomic E-state index is 0.147. The van der Waals surface area contributed by atoms with Gasteiger partial charge in [-0.15, -0.1) is 0 Å². The molecular weight excluding hydrogens is 220 g/mol. The molecule has 0 radical (unpaired) electrons. The summed E-state index contributed by atoms with van der Waals surface area (Å²) in [6.45, 7) is 1.40. The summed E-state index contributed by atoms with van der Waals surface area (Å²) in [5, 5.41) is 18.5. The molecule has 0 atom stereocenters. The predicted molar refractivity (Wildman–Crippen MR) is 52.7 cm³/mol. The summed E-state index contributed by atoms with van der Waals surface area (Å²) in [5.74, 6) is 0. The van der Waals surface area contributed by atoms with E-state index in [9.17, 15) is 14.9 Å². The zero-order chi connectivity index (χ0) is 11.6. The highest BCUT2D eigenvalue weighted by molar-refractivity contribution is 6.68. The van der Waals surface area contributed by atoms with Crippen LogP contribution >= 0.6 is 11.6 Å². The van der Waals surface area contributed by atoms with E-state index in [-0.39, 0.29) is 16.7 Å². The number of nitro groups is 1. The number of halogens is 1. The normalized spacial score (nSPS) is 9.40. The number of hydrogen-bond acceptors (Lipinski definition) is 4. The molecule has 15 heavy (non-hydrogen) atoms. The zero-order valence-electron chi connectivity index (χ0n) is 7.65. The molecule has 1 rings (SSSR count). The van der Waals surface area contributed by atoms with Crippen molar-refractivity contribution in [3.05, 3.63) is 38.9 Å². The van der Waals surface area contributed by atoms with Crippen LogP contribution in [0.4, 0.5) is 5.69 Å². The highest BCUT2D eigenvalue weighted by atomic mass is 35.5. The third kappa shape index (κ3) is 1.95. The molecule has 0 aliphatic carbocycles. The summed E-state index contributed by atoms with van der Waals surface area (Å²) in [7, 11) is 0. The standard InChI is InChI=1S/C9H5ClN2O3/c1-5-6(4-11)2-3-7(9(10)13)8(5)12(14)15/h2-3H,1H3. The lowest BCUT2D eigenvalue weighted by Gasteiger charge is -2.02. The van der Waals surface area contributed by atoms with Crippen LogP contribution in [0.15, 0.2) is 12.1 Å². The summed E-state index contributed by atoms with van der Waals surface area (Å²) in [6, 6.07) is 4.31. The van der Waals surface area contributed by atoms with Gasteiger partial charge in [-0.05, 0) is 30.7 Å². The third-order valence-electron chi connectivity index (χ3n) is 1.95. The van der Waals surface area contributed by atoms with Gasteiger partial charge in [0.25, 0.3) is 10.9 Å². The Balaban J connectivity index is 3.60. The summed E-state index contributed by atoms with van der Waals surface area (Å²) < 4.78 is 0. The summed E-state index contributed by atoms with van der Waals surface area (Å²) in [5.41, 5.74) is -0.301. The van der Waals surface area contributed by atoms with E-state index in [4.69, 9.17) is 16.9 Å². The van der Waals surface area contributed by atoms with Crippen LogP contribution in [0.2, 0.25) is 0 Å². The Morgan fingerprint density at radius 3 is 2.60 bits per heavy atom. The minimum atomic E-state index is -0.908. The summed E-state index contributed by atoms with van der Waals surface area (Å²) in [6.07, 6.45) is 0. The van der Waals surface area contributed by atoms with Gasteiger partial charge < -0.3 is 0 Å². The molecule has 0 unspecified atom stereocenters. The second-order valence-corrected chi connectivity index (χ2v) is 3.12. The maximum atomic E-state index is 10.9. The van der Waals surface area contributed by atoms with Gasteiger partial charge in [0.1, 0.15) is 5.56 Å². The highest BCUT2D eigenvalue weighted by Crippen LogP contribution is 2.27. The molecule has 0 saturated carbocycles. The van der Waals surface area contributed by atoms with Gasteiger partial charge in [-0.2, -0.15) is 5.26 Å². The molecule has 0 aliphatic rings. The van der Waals surface area contributed by atoms with Crippen LogP contribution in [0.3, 0.4) is 0 Å². The molecule has 1 aromatic carbocycles. The first-order chi connectivity index (χ1) is 6.99. The average Bonchev–Trinajstić information content (AvgIpc) is 2.16. The SMILES string of the molecule is Cc1c(C#N)ccc(C(=O)Cl)c1[N+](=O)[O-].